The SMILES string of the molecule is Oc1cccnc1-c1cc2cccc(F)c2o1. The molecule has 17 heavy (non-hydrogen) atoms. The summed E-state index contributed by atoms with van der Waals surface area (Å²) in [6.45, 7) is 0. The summed E-state index contributed by atoms with van der Waals surface area (Å²) in [5.74, 6) is -0.0701. The van der Waals surface area contributed by atoms with Gasteiger partial charge in [-0.15, -0.1) is 0 Å². The van der Waals surface area contributed by atoms with E-state index < -0.39 is 5.82 Å². The lowest BCUT2D eigenvalue weighted by Gasteiger charge is -1.97. The maximum Gasteiger partial charge on any atom is 0.170 e. The number of rotatable bonds is 1. The van der Waals surface area contributed by atoms with Gasteiger partial charge in [-0.3, -0.25) is 0 Å². The average Bonchev–Trinajstić information content (AvgIpc) is 2.75. The van der Waals surface area contributed by atoms with Crippen molar-refractivity contribution in [1.82, 2.24) is 4.98 Å². The van der Waals surface area contributed by atoms with Crippen LogP contribution in [0.1, 0.15) is 0 Å². The Kier molecular flexibility index (Phi) is 2.08. The third-order valence-electron chi connectivity index (χ3n) is 2.52. The Morgan fingerprint density at radius 3 is 2.82 bits per heavy atom. The highest BCUT2D eigenvalue weighted by atomic mass is 19.1. The summed E-state index contributed by atoms with van der Waals surface area (Å²) in [5, 5.41) is 10.3. The Labute approximate surface area is 96.1 Å². The number of benzene rings is 1. The molecule has 0 saturated carbocycles. The number of nitrogens with zero attached hydrogens (tertiary/aromatic N) is 1. The Hall–Kier alpha value is -2.36. The third-order valence-corrected chi connectivity index (χ3v) is 2.52. The molecule has 3 rings (SSSR count). The van der Waals surface area contributed by atoms with Gasteiger partial charge in [-0.25, -0.2) is 9.37 Å². The molecule has 0 spiro atoms. The molecule has 3 nitrogen and oxygen atoms in total. The molecule has 0 fully saturated rings. The number of hydrogen-bond acceptors (Lipinski definition) is 3. The van der Waals surface area contributed by atoms with E-state index in [1.807, 2.05) is 0 Å². The van der Waals surface area contributed by atoms with Gasteiger partial charge in [0.2, 0.25) is 0 Å². The summed E-state index contributed by atoms with van der Waals surface area (Å²) in [5.41, 5.74) is 0.482. The zero-order chi connectivity index (χ0) is 11.8. The molecule has 0 saturated heterocycles. The molecule has 4 heteroatoms. The van der Waals surface area contributed by atoms with Crippen molar-refractivity contribution in [3.05, 3.63) is 48.4 Å². The lowest BCUT2D eigenvalue weighted by atomic mass is 10.2. The number of aromatic hydroxyl groups is 1. The Bertz CT molecular complexity index is 691. The first kappa shape index (κ1) is 9.84. The lowest BCUT2D eigenvalue weighted by Crippen LogP contribution is -1.80. The Morgan fingerprint density at radius 1 is 1.18 bits per heavy atom. The van der Waals surface area contributed by atoms with Gasteiger partial charge in [0.25, 0.3) is 0 Å². The first-order valence-corrected chi connectivity index (χ1v) is 5.08. The fraction of sp³-hybridized carbons (Fsp3) is 0. The van der Waals surface area contributed by atoms with Gasteiger partial charge >= 0.3 is 0 Å². The van der Waals surface area contributed by atoms with Gasteiger partial charge in [0, 0.05) is 11.6 Å². The van der Waals surface area contributed by atoms with Crippen molar-refractivity contribution in [2.75, 3.05) is 0 Å². The molecule has 0 unspecified atom stereocenters. The number of pyridine rings is 1. The minimum atomic E-state index is -0.427. The molecule has 0 aliphatic rings. The second kappa shape index (κ2) is 3.59. The first-order valence-electron chi connectivity index (χ1n) is 5.08. The highest BCUT2D eigenvalue weighted by Crippen LogP contribution is 2.32. The zero-order valence-corrected chi connectivity index (χ0v) is 8.72. The van der Waals surface area contributed by atoms with E-state index >= 15 is 0 Å². The fourth-order valence-corrected chi connectivity index (χ4v) is 1.73. The van der Waals surface area contributed by atoms with E-state index in [1.54, 1.807) is 30.5 Å². The largest absolute Gasteiger partial charge is 0.506 e. The maximum atomic E-state index is 13.4. The van der Waals surface area contributed by atoms with E-state index in [0.717, 1.165) is 0 Å². The van der Waals surface area contributed by atoms with Crippen LogP contribution >= 0.6 is 0 Å². The van der Waals surface area contributed by atoms with E-state index in [4.69, 9.17) is 4.42 Å². The van der Waals surface area contributed by atoms with Crippen LogP contribution < -0.4 is 0 Å². The number of halogens is 1. The Balaban J connectivity index is 2.26. The Morgan fingerprint density at radius 2 is 2.06 bits per heavy atom. The van der Waals surface area contributed by atoms with Gasteiger partial charge in [0.05, 0.1) is 0 Å². The molecule has 3 aromatic rings. The van der Waals surface area contributed by atoms with Crippen molar-refractivity contribution in [2.45, 2.75) is 0 Å². The molecular weight excluding hydrogens is 221 g/mol. The highest BCUT2D eigenvalue weighted by Gasteiger charge is 2.13. The van der Waals surface area contributed by atoms with Gasteiger partial charge in [-0.1, -0.05) is 12.1 Å². The van der Waals surface area contributed by atoms with Crippen LogP contribution in [-0.4, -0.2) is 10.1 Å². The number of furan rings is 1. The summed E-state index contributed by atoms with van der Waals surface area (Å²) in [6.07, 6.45) is 1.54. The van der Waals surface area contributed by atoms with Gasteiger partial charge in [-0.05, 0) is 24.3 Å². The van der Waals surface area contributed by atoms with Gasteiger partial charge in [0.15, 0.2) is 17.2 Å². The molecule has 0 aliphatic carbocycles. The highest BCUT2D eigenvalue weighted by molar-refractivity contribution is 5.83. The van der Waals surface area contributed by atoms with Crippen LogP contribution in [0.2, 0.25) is 0 Å². The molecule has 0 aliphatic heterocycles. The molecule has 1 aromatic carbocycles. The number of hydrogen-bond donors (Lipinski definition) is 1. The zero-order valence-electron chi connectivity index (χ0n) is 8.72. The monoisotopic (exact) mass is 229 g/mol. The van der Waals surface area contributed by atoms with Crippen LogP contribution in [0.5, 0.6) is 5.75 Å². The van der Waals surface area contributed by atoms with Crippen LogP contribution in [0.3, 0.4) is 0 Å². The number of para-hydroxylation sites is 1. The second-order valence-electron chi connectivity index (χ2n) is 3.64. The molecule has 2 aromatic heterocycles. The third kappa shape index (κ3) is 1.54. The van der Waals surface area contributed by atoms with Crippen LogP contribution in [0, 0.1) is 5.82 Å². The summed E-state index contributed by atoms with van der Waals surface area (Å²) < 4.78 is 18.8. The van der Waals surface area contributed by atoms with Crippen LogP contribution in [0.25, 0.3) is 22.4 Å². The predicted molar refractivity (Wildman–Crippen MR) is 61.1 cm³/mol. The summed E-state index contributed by atoms with van der Waals surface area (Å²) >= 11 is 0. The molecular formula is C13H8FNO2. The maximum absolute atomic E-state index is 13.4. The standard InChI is InChI=1S/C13H8FNO2/c14-9-4-1-3-8-7-11(17-13(8)9)12-10(16)5-2-6-15-12/h1-7,16H. The van der Waals surface area contributed by atoms with Crippen molar-refractivity contribution < 1.29 is 13.9 Å². The summed E-state index contributed by atoms with van der Waals surface area (Å²) in [6, 6.07) is 9.45. The van der Waals surface area contributed by atoms with Crippen LogP contribution in [0.4, 0.5) is 4.39 Å². The molecule has 0 radical (unpaired) electrons. The van der Waals surface area contributed by atoms with E-state index in [-0.39, 0.29) is 11.3 Å². The average molecular weight is 229 g/mol. The van der Waals surface area contributed by atoms with Gasteiger partial charge in [-0.2, -0.15) is 0 Å². The smallest absolute Gasteiger partial charge is 0.170 e. The topological polar surface area (TPSA) is 46.3 Å². The van der Waals surface area contributed by atoms with Crippen molar-refractivity contribution >= 4 is 11.0 Å². The molecule has 84 valence electrons. The minimum absolute atomic E-state index is 0.00645. The van der Waals surface area contributed by atoms with Crippen molar-refractivity contribution in [2.24, 2.45) is 0 Å². The first-order chi connectivity index (χ1) is 8.25. The number of fused-ring (bicyclic) bond motifs is 1. The van der Waals surface area contributed by atoms with Crippen LogP contribution in [-0.2, 0) is 0 Å². The van der Waals surface area contributed by atoms with Crippen LogP contribution in [0.15, 0.2) is 47.0 Å². The molecule has 0 bridgehead atoms. The van der Waals surface area contributed by atoms with Gasteiger partial charge in [0.1, 0.15) is 11.4 Å². The second-order valence-corrected chi connectivity index (χ2v) is 3.64. The summed E-state index contributed by atoms with van der Waals surface area (Å²) in [7, 11) is 0. The molecule has 1 N–H and O–H groups in total. The van der Waals surface area contributed by atoms with Crippen molar-refractivity contribution in [1.29, 1.82) is 0 Å². The van der Waals surface area contributed by atoms with Crippen molar-refractivity contribution in [3.63, 3.8) is 0 Å². The number of aromatic nitrogens is 1. The fourth-order valence-electron chi connectivity index (χ4n) is 1.73. The lowest BCUT2D eigenvalue weighted by molar-refractivity contribution is 0.471. The summed E-state index contributed by atoms with van der Waals surface area (Å²) in [4.78, 5) is 4.01. The molecule has 0 amide bonds. The van der Waals surface area contributed by atoms with Gasteiger partial charge < -0.3 is 9.52 Å². The molecule has 2 heterocycles. The quantitative estimate of drug-likeness (QED) is 0.696. The molecule has 0 atom stereocenters. The van der Waals surface area contributed by atoms with E-state index in [1.165, 1.54) is 12.1 Å². The van der Waals surface area contributed by atoms with Crippen molar-refractivity contribution in [3.8, 4) is 17.2 Å². The van der Waals surface area contributed by atoms with E-state index in [9.17, 15) is 9.50 Å². The van der Waals surface area contributed by atoms with E-state index in [0.29, 0.717) is 16.8 Å². The normalized spacial score (nSPS) is 10.9. The predicted octanol–water partition coefficient (Wildman–Crippen LogP) is 3.34. The van der Waals surface area contributed by atoms with E-state index in [2.05, 4.69) is 4.98 Å². The minimum Gasteiger partial charge on any atom is -0.506 e.